The van der Waals surface area contributed by atoms with E-state index in [4.69, 9.17) is 39.5 Å². The lowest BCUT2D eigenvalue weighted by Gasteiger charge is -2.10. The van der Waals surface area contributed by atoms with Crippen LogP contribution < -0.4 is 4.74 Å². The lowest BCUT2D eigenvalue weighted by molar-refractivity contribution is -0.131. The molecule has 0 bridgehead atoms. The van der Waals surface area contributed by atoms with Crippen LogP contribution in [-0.4, -0.2) is 11.0 Å². The van der Waals surface area contributed by atoms with Gasteiger partial charge in [-0.3, -0.25) is 4.79 Å². The lowest BCUT2D eigenvalue weighted by Crippen LogP contribution is -2.03. The maximum atomic E-state index is 13.9. The van der Waals surface area contributed by atoms with Gasteiger partial charge in [0.25, 0.3) is 0 Å². The van der Waals surface area contributed by atoms with Crippen LogP contribution in [0.5, 0.6) is 5.75 Å². The molecule has 0 unspecified atom stereocenters. The number of carbonyl (C=O) groups excluding carboxylic acids is 1. The second-order valence-corrected chi connectivity index (χ2v) is 6.59. The largest absolute Gasteiger partial charge is 0.423 e. The van der Waals surface area contributed by atoms with Crippen molar-refractivity contribution in [2.75, 3.05) is 0 Å². The molecule has 1 heterocycles. The topological polar surface area (TPSA) is 39.2 Å². The molecule has 0 aliphatic rings. The number of hydrogen-bond donors (Lipinski definition) is 0. The molecular formula is C19H11Cl3FNO2. The quantitative estimate of drug-likeness (QED) is 0.369. The van der Waals surface area contributed by atoms with Crippen LogP contribution in [0, 0.1) is 5.82 Å². The van der Waals surface area contributed by atoms with Crippen LogP contribution in [-0.2, 0) is 4.79 Å². The Kier molecular flexibility index (Phi) is 5.47. The first-order chi connectivity index (χ1) is 12.4. The highest BCUT2D eigenvalue weighted by atomic mass is 35.5. The van der Waals surface area contributed by atoms with Gasteiger partial charge in [0.1, 0.15) is 11.3 Å². The van der Waals surface area contributed by atoms with Gasteiger partial charge in [0.15, 0.2) is 5.75 Å². The van der Waals surface area contributed by atoms with Gasteiger partial charge < -0.3 is 4.74 Å². The molecule has 3 rings (SSSR count). The summed E-state index contributed by atoms with van der Waals surface area (Å²) < 4.78 is 19.0. The van der Waals surface area contributed by atoms with Crippen molar-refractivity contribution in [3.63, 3.8) is 0 Å². The number of pyridine rings is 1. The van der Waals surface area contributed by atoms with Crippen LogP contribution in [0.1, 0.15) is 18.2 Å². The van der Waals surface area contributed by atoms with Gasteiger partial charge in [0.2, 0.25) is 0 Å². The summed E-state index contributed by atoms with van der Waals surface area (Å²) in [6, 6.07) is 9.34. The zero-order valence-corrected chi connectivity index (χ0v) is 15.7. The Morgan fingerprint density at radius 2 is 1.85 bits per heavy atom. The minimum absolute atomic E-state index is 0.123. The third-order valence-electron chi connectivity index (χ3n) is 3.53. The van der Waals surface area contributed by atoms with Crippen molar-refractivity contribution in [2.45, 2.75) is 6.92 Å². The fraction of sp³-hybridized carbons (Fsp3) is 0.0526. The number of carbonyl (C=O) groups is 1. The maximum absolute atomic E-state index is 13.9. The first kappa shape index (κ1) is 18.6. The van der Waals surface area contributed by atoms with Crippen LogP contribution in [0.3, 0.4) is 0 Å². The molecular weight excluding hydrogens is 400 g/mol. The van der Waals surface area contributed by atoms with Gasteiger partial charge in [-0.1, -0.05) is 40.9 Å². The summed E-state index contributed by atoms with van der Waals surface area (Å²) in [7, 11) is 0. The standard InChI is InChI=1S/C19H11Cl3FNO2/c1-10(25)26-19-16(22)9-15(21)13-8-6-11(24-18(13)19)5-7-12-14(20)3-2-4-17(12)23/h2-9H,1H3/b7-5+. The molecule has 3 nitrogen and oxygen atoms in total. The number of ether oxygens (including phenoxy) is 1. The summed E-state index contributed by atoms with van der Waals surface area (Å²) in [4.78, 5) is 15.8. The second-order valence-electron chi connectivity index (χ2n) is 5.36. The van der Waals surface area contributed by atoms with Crippen molar-refractivity contribution in [2.24, 2.45) is 0 Å². The van der Waals surface area contributed by atoms with Gasteiger partial charge in [0.05, 0.1) is 20.8 Å². The highest BCUT2D eigenvalue weighted by Gasteiger charge is 2.15. The highest BCUT2D eigenvalue weighted by molar-refractivity contribution is 6.39. The van der Waals surface area contributed by atoms with E-state index in [-0.39, 0.29) is 21.4 Å². The zero-order valence-electron chi connectivity index (χ0n) is 13.4. The molecule has 0 amide bonds. The molecule has 0 fully saturated rings. The Balaban J connectivity index is 2.11. The molecule has 2 aromatic carbocycles. The monoisotopic (exact) mass is 409 g/mol. The predicted molar refractivity (Wildman–Crippen MR) is 103 cm³/mol. The number of halogens is 4. The van der Waals surface area contributed by atoms with Crippen molar-refractivity contribution in [1.29, 1.82) is 0 Å². The Labute approximate surface area is 164 Å². The molecule has 0 atom stereocenters. The van der Waals surface area contributed by atoms with E-state index in [1.54, 1.807) is 24.3 Å². The molecule has 0 radical (unpaired) electrons. The van der Waals surface area contributed by atoms with Crippen LogP contribution >= 0.6 is 34.8 Å². The van der Waals surface area contributed by atoms with Gasteiger partial charge in [-0.25, -0.2) is 9.37 Å². The molecule has 0 aliphatic carbocycles. The van der Waals surface area contributed by atoms with Gasteiger partial charge in [-0.15, -0.1) is 0 Å². The van der Waals surface area contributed by atoms with E-state index in [0.717, 1.165) is 0 Å². The average molecular weight is 411 g/mol. The van der Waals surface area contributed by atoms with E-state index in [1.165, 1.54) is 31.2 Å². The smallest absolute Gasteiger partial charge is 0.308 e. The molecule has 26 heavy (non-hydrogen) atoms. The van der Waals surface area contributed by atoms with Gasteiger partial charge in [-0.2, -0.15) is 0 Å². The summed E-state index contributed by atoms with van der Waals surface area (Å²) in [6.07, 6.45) is 3.11. The first-order valence-corrected chi connectivity index (χ1v) is 8.59. The molecule has 0 saturated heterocycles. The molecule has 0 spiro atoms. The van der Waals surface area contributed by atoms with E-state index in [2.05, 4.69) is 4.98 Å². The van der Waals surface area contributed by atoms with Crippen molar-refractivity contribution in [3.05, 3.63) is 68.5 Å². The zero-order chi connectivity index (χ0) is 18.8. The molecule has 7 heteroatoms. The van der Waals surface area contributed by atoms with Gasteiger partial charge in [0, 0.05) is 17.9 Å². The molecule has 0 saturated carbocycles. The van der Waals surface area contributed by atoms with Crippen LogP contribution in [0.15, 0.2) is 36.4 Å². The molecule has 0 N–H and O–H groups in total. The Morgan fingerprint density at radius 1 is 1.08 bits per heavy atom. The van der Waals surface area contributed by atoms with Crippen molar-refractivity contribution in [3.8, 4) is 5.75 Å². The third kappa shape index (κ3) is 3.83. The minimum Gasteiger partial charge on any atom is -0.423 e. The number of benzene rings is 2. The number of fused-ring (bicyclic) bond motifs is 1. The summed E-state index contributed by atoms with van der Waals surface area (Å²) in [5, 5.41) is 1.41. The lowest BCUT2D eigenvalue weighted by atomic mass is 10.1. The van der Waals surface area contributed by atoms with Crippen molar-refractivity contribution < 1.29 is 13.9 Å². The Morgan fingerprint density at radius 3 is 2.54 bits per heavy atom. The first-order valence-electron chi connectivity index (χ1n) is 7.46. The third-order valence-corrected chi connectivity index (χ3v) is 4.45. The summed E-state index contributed by atoms with van der Waals surface area (Å²) in [6.45, 7) is 1.26. The SMILES string of the molecule is CC(=O)Oc1c(Cl)cc(Cl)c2ccc(/C=C/c3c(F)cccc3Cl)nc12. The van der Waals surface area contributed by atoms with E-state index in [1.807, 2.05) is 0 Å². The second kappa shape index (κ2) is 7.62. The van der Waals surface area contributed by atoms with Gasteiger partial charge in [-0.05, 0) is 42.5 Å². The minimum atomic E-state index is -0.531. The maximum Gasteiger partial charge on any atom is 0.308 e. The fourth-order valence-corrected chi connectivity index (χ4v) is 3.16. The van der Waals surface area contributed by atoms with Crippen LogP contribution in [0.4, 0.5) is 4.39 Å². The normalized spacial score (nSPS) is 11.3. The number of rotatable bonds is 3. The van der Waals surface area contributed by atoms with Crippen molar-refractivity contribution in [1.82, 2.24) is 4.98 Å². The number of hydrogen-bond acceptors (Lipinski definition) is 3. The number of nitrogens with zero attached hydrogens (tertiary/aromatic N) is 1. The molecule has 0 aliphatic heterocycles. The Hall–Kier alpha value is -2.14. The molecule has 3 aromatic rings. The Bertz CT molecular complexity index is 1030. The summed E-state index contributed by atoms with van der Waals surface area (Å²) >= 11 is 18.3. The molecule has 1 aromatic heterocycles. The fourth-order valence-electron chi connectivity index (χ4n) is 2.38. The van der Waals surface area contributed by atoms with E-state index in [0.29, 0.717) is 21.6 Å². The number of esters is 1. The van der Waals surface area contributed by atoms with E-state index >= 15 is 0 Å². The number of aromatic nitrogens is 1. The van der Waals surface area contributed by atoms with Gasteiger partial charge >= 0.3 is 5.97 Å². The molecule has 132 valence electrons. The summed E-state index contributed by atoms with van der Waals surface area (Å²) in [5.74, 6) is -0.852. The average Bonchev–Trinajstić information content (AvgIpc) is 2.58. The van der Waals surface area contributed by atoms with Crippen LogP contribution in [0.25, 0.3) is 23.1 Å². The highest BCUT2D eigenvalue weighted by Crippen LogP contribution is 2.37. The summed E-state index contributed by atoms with van der Waals surface area (Å²) in [5.41, 5.74) is 1.07. The van der Waals surface area contributed by atoms with E-state index in [9.17, 15) is 9.18 Å². The van der Waals surface area contributed by atoms with Crippen LogP contribution in [0.2, 0.25) is 15.1 Å². The van der Waals surface area contributed by atoms with E-state index < -0.39 is 11.8 Å². The van der Waals surface area contributed by atoms with Crippen molar-refractivity contribution >= 4 is 63.8 Å². The predicted octanol–water partition coefficient (Wildman–Crippen LogP) is 6.43.